The van der Waals surface area contributed by atoms with Gasteiger partial charge in [-0.15, -0.1) is 0 Å². The predicted molar refractivity (Wildman–Crippen MR) is 211 cm³/mol. The Morgan fingerprint density at radius 2 is 1.74 bits per heavy atom. The third-order valence-corrected chi connectivity index (χ3v) is 14.8. The summed E-state index contributed by atoms with van der Waals surface area (Å²) >= 11 is 0. The van der Waals surface area contributed by atoms with Crippen LogP contribution in [-0.2, 0) is 44.6 Å². The molecule has 6 bridgehead atoms. The first-order valence-corrected chi connectivity index (χ1v) is 21.0. The Kier molecular flexibility index (Phi) is 10.8. The summed E-state index contributed by atoms with van der Waals surface area (Å²) < 4.78 is 33.1. The van der Waals surface area contributed by atoms with Gasteiger partial charge in [0.15, 0.2) is 12.6 Å². The van der Waals surface area contributed by atoms with E-state index in [0.29, 0.717) is 30.6 Å². The number of amides is 1. The SMILES string of the molecule is CO[C@H]1CC2C=C[C@H]3[C@H]4O[C@]2(/C(C)=C/[C@@H](C)[C@@H]([C@@H](C)OC(=O)c2ccccc2C[N+]25CC[N+](CC(N)=O)(CC2)CC5)OC1=O)[C@@H]3[C@H](O)[C@@H](C)[C@H]4OC(=O)C1=CC=CC1. The standard InChI is InChI=1S/C45H58N3O10/c1-26-22-27(2)45-32(14-15-34-37(45)38(50)28(3)40(41(34)58-45)57-42(51)30-10-6-7-11-30)23-35(54-5)44(53)56-39(26)29(4)55-43(52)33-13-9-8-12-31(33)24-47-16-19-48(20-17-47,21-18-47)25-36(46)49/h6-10,12-15,22,26,28-29,32,34-35,37-41,50H,11,16-21,23-25H2,1-5H3,(H-,46,49)/q+1/p+1/b27-22+/t26-,28-,29-,32?,34-,35+,37+,38-,39+,40-,41-,45+,47?,48?/m1/s1. The number of carbonyl (C=O) groups is 4. The van der Waals surface area contributed by atoms with Gasteiger partial charge in [0.1, 0.15) is 75.8 Å². The van der Waals surface area contributed by atoms with E-state index in [1.165, 1.54) is 7.11 Å². The molecular formula is C45H59N3O10+2. The number of benzene rings is 1. The van der Waals surface area contributed by atoms with Gasteiger partial charge in [0.25, 0.3) is 5.91 Å². The molecule has 58 heavy (non-hydrogen) atoms. The van der Waals surface area contributed by atoms with Crippen LogP contribution in [-0.4, -0.2) is 133 Å². The van der Waals surface area contributed by atoms with Crippen LogP contribution in [0.25, 0.3) is 0 Å². The van der Waals surface area contributed by atoms with E-state index in [1.807, 2.05) is 57.2 Å². The molecule has 3 N–H and O–H groups in total. The predicted octanol–water partition coefficient (Wildman–Crippen LogP) is 3.16. The van der Waals surface area contributed by atoms with Crippen molar-refractivity contribution in [2.45, 2.75) is 89.3 Å². The Balaban J connectivity index is 1.04. The van der Waals surface area contributed by atoms with Crippen LogP contribution in [0.2, 0.25) is 0 Å². The highest BCUT2D eigenvalue weighted by molar-refractivity contribution is 5.91. The molecule has 1 amide bonds. The van der Waals surface area contributed by atoms with Gasteiger partial charge in [0.05, 0.1) is 11.7 Å². The van der Waals surface area contributed by atoms with E-state index in [-0.39, 0.29) is 30.1 Å². The minimum Gasteiger partial charge on any atom is -0.456 e. The Hall–Kier alpha value is -4.14. The Morgan fingerprint density at radius 3 is 2.41 bits per heavy atom. The number of methoxy groups -OCH3 is 1. The van der Waals surface area contributed by atoms with Gasteiger partial charge in [-0.3, -0.25) is 4.79 Å². The van der Waals surface area contributed by atoms with Crippen molar-refractivity contribution in [2.24, 2.45) is 35.3 Å². The van der Waals surface area contributed by atoms with E-state index in [1.54, 1.807) is 19.1 Å². The number of esters is 3. The zero-order valence-corrected chi connectivity index (χ0v) is 34.3. The first kappa shape index (κ1) is 40.6. The van der Waals surface area contributed by atoms with Crippen LogP contribution in [0.15, 0.2) is 71.9 Å². The molecule has 0 aromatic heterocycles. The van der Waals surface area contributed by atoms with E-state index in [9.17, 15) is 24.3 Å². The molecule has 3 aliphatic carbocycles. The zero-order valence-electron chi connectivity index (χ0n) is 34.3. The molecule has 8 aliphatic rings. The van der Waals surface area contributed by atoms with Gasteiger partial charge < -0.3 is 43.5 Å². The third kappa shape index (κ3) is 6.96. The van der Waals surface area contributed by atoms with Crippen molar-refractivity contribution in [1.82, 2.24) is 0 Å². The molecule has 5 aliphatic heterocycles. The Bertz CT molecular complexity index is 1930. The fourth-order valence-corrected chi connectivity index (χ4v) is 11.5. The first-order valence-electron chi connectivity index (χ1n) is 21.0. The van der Waals surface area contributed by atoms with E-state index in [2.05, 4.69) is 12.2 Å². The molecule has 4 saturated heterocycles. The van der Waals surface area contributed by atoms with Gasteiger partial charge in [-0.2, -0.15) is 0 Å². The fourth-order valence-electron chi connectivity index (χ4n) is 11.5. The molecular weight excluding hydrogens is 743 g/mol. The molecule has 1 unspecified atom stereocenters. The summed E-state index contributed by atoms with van der Waals surface area (Å²) in [7, 11) is 1.47. The topological polar surface area (TPSA) is 161 Å². The number of hydrogen-bond donors (Lipinski definition) is 2. The van der Waals surface area contributed by atoms with Crippen LogP contribution >= 0.6 is 0 Å². The van der Waals surface area contributed by atoms with Gasteiger partial charge in [-0.1, -0.05) is 68.5 Å². The largest absolute Gasteiger partial charge is 0.456 e. The van der Waals surface area contributed by atoms with Crippen LogP contribution in [0.1, 0.15) is 56.5 Å². The van der Waals surface area contributed by atoms with E-state index in [4.69, 9.17) is 29.4 Å². The average molecular weight is 802 g/mol. The number of quaternary nitrogens is 2. The number of aliphatic hydroxyl groups excluding tert-OH is 1. The molecule has 312 valence electrons. The molecule has 1 aromatic rings. The van der Waals surface area contributed by atoms with Crippen molar-refractivity contribution in [3.05, 3.63) is 83.0 Å². The van der Waals surface area contributed by atoms with E-state index in [0.717, 1.165) is 59.4 Å². The summed E-state index contributed by atoms with van der Waals surface area (Å²) in [6.07, 6.45) is 7.63. The highest BCUT2D eigenvalue weighted by Gasteiger charge is 2.69. The summed E-state index contributed by atoms with van der Waals surface area (Å²) in [5.74, 6) is -3.53. The zero-order chi connectivity index (χ0) is 41.1. The summed E-state index contributed by atoms with van der Waals surface area (Å²) in [6, 6.07) is 7.54. The van der Waals surface area contributed by atoms with Gasteiger partial charge in [-0.05, 0) is 38.3 Å². The number of primary amides is 1. The van der Waals surface area contributed by atoms with Crippen LogP contribution in [0.5, 0.6) is 0 Å². The number of hydrogen-bond acceptors (Lipinski definition) is 10. The van der Waals surface area contributed by atoms with Crippen molar-refractivity contribution in [3.8, 4) is 0 Å². The maximum Gasteiger partial charge on any atom is 0.339 e. The van der Waals surface area contributed by atoms with E-state index >= 15 is 0 Å². The summed E-state index contributed by atoms with van der Waals surface area (Å²) in [6.45, 7) is 13.9. The van der Waals surface area contributed by atoms with Crippen LogP contribution in [0.4, 0.5) is 0 Å². The second kappa shape index (κ2) is 15.5. The van der Waals surface area contributed by atoms with E-state index < -0.39 is 72.0 Å². The van der Waals surface area contributed by atoms with Crippen molar-refractivity contribution in [2.75, 3.05) is 52.9 Å². The monoisotopic (exact) mass is 801 g/mol. The van der Waals surface area contributed by atoms with Crippen molar-refractivity contribution >= 4 is 23.8 Å². The normalized spacial score (nSPS) is 41.4. The molecule has 1 spiro atoms. The van der Waals surface area contributed by atoms with Crippen LogP contribution in [0, 0.1) is 29.6 Å². The number of cyclic esters (lactones) is 1. The average Bonchev–Trinajstić information content (AvgIpc) is 3.81. The smallest absolute Gasteiger partial charge is 0.339 e. The summed E-state index contributed by atoms with van der Waals surface area (Å²) in [5.41, 5.74) is 7.37. The number of nitrogens with two attached hydrogens (primary N) is 1. The van der Waals surface area contributed by atoms with Gasteiger partial charge in [-0.25, -0.2) is 14.4 Å². The molecule has 1 aromatic carbocycles. The van der Waals surface area contributed by atoms with Gasteiger partial charge in [0.2, 0.25) is 0 Å². The molecule has 12 atom stereocenters. The number of fused-ring (bicyclic) bond motifs is 3. The lowest BCUT2D eigenvalue weighted by Gasteiger charge is -2.55. The number of allylic oxidation sites excluding steroid dienone is 3. The Morgan fingerprint density at radius 1 is 1.03 bits per heavy atom. The van der Waals surface area contributed by atoms with Crippen LogP contribution < -0.4 is 5.73 Å². The summed E-state index contributed by atoms with van der Waals surface area (Å²) in [5, 5.41) is 12.1. The van der Waals surface area contributed by atoms with Gasteiger partial charge in [0, 0.05) is 47.8 Å². The number of piperazine rings is 3. The molecule has 0 radical (unpaired) electrons. The third-order valence-electron chi connectivity index (χ3n) is 14.8. The minimum atomic E-state index is -1.02. The van der Waals surface area contributed by atoms with Crippen molar-refractivity contribution in [1.29, 1.82) is 0 Å². The van der Waals surface area contributed by atoms with Crippen molar-refractivity contribution in [3.63, 3.8) is 0 Å². The maximum atomic E-state index is 14.1. The first-order chi connectivity index (χ1) is 27.7. The molecule has 1 saturated carbocycles. The number of carbonyl (C=O) groups excluding carboxylic acids is 4. The number of rotatable bonds is 10. The lowest BCUT2D eigenvalue weighted by molar-refractivity contribution is -1.08. The highest BCUT2D eigenvalue weighted by Crippen LogP contribution is 2.61. The quantitative estimate of drug-likeness (QED) is 0.156. The summed E-state index contributed by atoms with van der Waals surface area (Å²) in [4.78, 5) is 53.1. The minimum absolute atomic E-state index is 0.224. The fraction of sp³-hybridized carbons (Fsp3) is 0.600. The number of ether oxygens (including phenoxy) is 5. The molecule has 5 fully saturated rings. The molecule has 5 heterocycles. The molecule has 13 heteroatoms. The van der Waals surface area contributed by atoms with Gasteiger partial charge >= 0.3 is 17.9 Å². The number of nitrogens with zero attached hydrogens (tertiary/aromatic N) is 2. The van der Waals surface area contributed by atoms with Crippen molar-refractivity contribution < 1.29 is 56.9 Å². The second-order valence-electron chi connectivity index (χ2n) is 18.2. The number of aliphatic hydroxyl groups is 1. The lowest BCUT2D eigenvalue weighted by atomic mass is 9.57. The lowest BCUT2D eigenvalue weighted by Crippen LogP contribution is -2.75. The molecule has 13 nitrogen and oxygen atoms in total. The second-order valence-corrected chi connectivity index (χ2v) is 18.2. The Labute approximate surface area is 340 Å². The maximum absolute atomic E-state index is 14.1. The highest BCUT2D eigenvalue weighted by atomic mass is 16.6. The van der Waals surface area contributed by atoms with Crippen LogP contribution in [0.3, 0.4) is 0 Å². The molecule has 9 rings (SSSR count).